The fraction of sp³-hybridized carbons (Fsp3) is 0.500. The maximum absolute atomic E-state index is 12.5. The van der Waals surface area contributed by atoms with Crippen molar-refractivity contribution in [1.29, 1.82) is 0 Å². The highest BCUT2D eigenvalue weighted by atomic mass is 16.6. The van der Waals surface area contributed by atoms with E-state index in [9.17, 15) is 19.7 Å². The molecule has 0 fully saturated rings. The first-order chi connectivity index (χ1) is 10.9. The Bertz CT molecular complexity index is 562. The number of nitro benzene ring substituents is 1. The van der Waals surface area contributed by atoms with E-state index in [0.29, 0.717) is 6.42 Å². The average molecular weight is 323 g/mol. The van der Waals surface area contributed by atoms with Crippen LogP contribution in [-0.2, 0) is 14.3 Å². The van der Waals surface area contributed by atoms with Crippen molar-refractivity contribution in [3.05, 3.63) is 34.4 Å². The zero-order valence-corrected chi connectivity index (χ0v) is 13.5. The molecule has 0 aliphatic heterocycles. The highest BCUT2D eigenvalue weighted by Crippen LogP contribution is 2.31. The number of benzene rings is 1. The molecule has 1 aromatic rings. The molecular formula is C16H21NO6. The quantitative estimate of drug-likeness (QED) is 0.239. The van der Waals surface area contributed by atoms with Crippen molar-refractivity contribution < 1.29 is 24.0 Å². The Morgan fingerprint density at radius 1 is 1.09 bits per heavy atom. The van der Waals surface area contributed by atoms with Crippen molar-refractivity contribution in [2.45, 2.75) is 40.0 Å². The van der Waals surface area contributed by atoms with Crippen LogP contribution < -0.4 is 4.74 Å². The van der Waals surface area contributed by atoms with Crippen LogP contribution in [0.4, 0.5) is 5.69 Å². The molecule has 0 atom stereocenters. The summed E-state index contributed by atoms with van der Waals surface area (Å²) in [4.78, 5) is 34.8. The Hall–Kier alpha value is -2.44. The van der Waals surface area contributed by atoms with Gasteiger partial charge in [0.2, 0.25) is 0 Å². The second kappa shape index (κ2) is 8.26. The molecule has 1 aromatic carbocycles. The van der Waals surface area contributed by atoms with Gasteiger partial charge in [-0.1, -0.05) is 20.8 Å². The first-order valence-electron chi connectivity index (χ1n) is 7.55. The normalized spacial score (nSPS) is 10.9. The van der Waals surface area contributed by atoms with E-state index in [-0.39, 0.29) is 30.9 Å². The predicted molar refractivity (Wildman–Crippen MR) is 83.0 cm³/mol. The van der Waals surface area contributed by atoms with E-state index in [4.69, 9.17) is 9.47 Å². The summed E-state index contributed by atoms with van der Waals surface area (Å²) in [6.45, 7) is 5.54. The van der Waals surface area contributed by atoms with Crippen molar-refractivity contribution in [2.75, 3.05) is 6.61 Å². The van der Waals surface area contributed by atoms with E-state index in [1.54, 1.807) is 13.8 Å². The zero-order valence-electron chi connectivity index (χ0n) is 13.5. The lowest BCUT2D eigenvalue weighted by atomic mass is 9.82. The molecule has 0 aliphatic rings. The second-order valence-electron chi connectivity index (χ2n) is 5.07. The summed E-state index contributed by atoms with van der Waals surface area (Å²) in [5.41, 5.74) is -1.47. The average Bonchev–Trinajstić information content (AvgIpc) is 2.55. The highest BCUT2D eigenvalue weighted by molar-refractivity contribution is 6.00. The number of hydrogen-bond donors (Lipinski definition) is 0. The van der Waals surface area contributed by atoms with E-state index >= 15 is 0 Å². The first-order valence-corrected chi connectivity index (χ1v) is 7.55. The van der Waals surface area contributed by atoms with E-state index in [0.717, 1.165) is 0 Å². The van der Waals surface area contributed by atoms with Crippen LogP contribution in [0.3, 0.4) is 0 Å². The lowest BCUT2D eigenvalue weighted by Gasteiger charge is -2.26. The molecule has 0 spiro atoms. The summed E-state index contributed by atoms with van der Waals surface area (Å²) in [6.07, 6.45) is 1.16. The van der Waals surface area contributed by atoms with Crippen LogP contribution in [0.15, 0.2) is 24.3 Å². The Morgan fingerprint density at radius 2 is 1.65 bits per heavy atom. The number of esters is 2. The molecule has 0 aromatic heterocycles. The lowest BCUT2D eigenvalue weighted by Crippen LogP contribution is -2.42. The van der Waals surface area contributed by atoms with E-state index < -0.39 is 22.3 Å². The molecular weight excluding hydrogens is 302 g/mol. The van der Waals surface area contributed by atoms with Gasteiger partial charge in [0.25, 0.3) is 5.69 Å². The van der Waals surface area contributed by atoms with Crippen molar-refractivity contribution in [1.82, 2.24) is 0 Å². The maximum atomic E-state index is 12.5. The molecule has 7 nitrogen and oxygen atoms in total. The molecule has 1 rings (SSSR count). The van der Waals surface area contributed by atoms with Gasteiger partial charge in [0.15, 0.2) is 5.41 Å². The van der Waals surface area contributed by atoms with Crippen LogP contribution >= 0.6 is 0 Å². The number of nitrogens with zero attached hydrogens (tertiary/aromatic N) is 1. The Balaban J connectivity index is 2.93. The smallest absolute Gasteiger partial charge is 0.328 e. The minimum absolute atomic E-state index is 0.107. The standard InChI is InChI=1S/C16H21NO6/c1-4-11-22-14(18)16(5-2,6-3)15(19)23-13-9-7-12(8-10-13)17(20)21/h7-10H,4-6,11H2,1-3H3. The largest absolute Gasteiger partial charge is 0.465 e. The molecule has 0 radical (unpaired) electrons. The minimum atomic E-state index is -1.36. The molecule has 0 saturated carbocycles. The molecule has 0 unspecified atom stereocenters. The van der Waals surface area contributed by atoms with Gasteiger partial charge in [-0.05, 0) is 31.4 Å². The third kappa shape index (κ3) is 4.28. The van der Waals surface area contributed by atoms with Gasteiger partial charge in [0.1, 0.15) is 5.75 Å². The molecule has 7 heteroatoms. The number of carbonyl (C=O) groups is 2. The molecule has 0 saturated heterocycles. The van der Waals surface area contributed by atoms with Crippen LogP contribution in [0.5, 0.6) is 5.75 Å². The lowest BCUT2D eigenvalue weighted by molar-refractivity contribution is -0.384. The summed E-state index contributed by atoms with van der Waals surface area (Å²) < 4.78 is 10.4. The SMILES string of the molecule is CCCOC(=O)C(CC)(CC)C(=O)Oc1ccc([N+](=O)[O-])cc1. The number of carbonyl (C=O) groups excluding carboxylic acids is 2. The van der Waals surface area contributed by atoms with Crippen molar-refractivity contribution in [2.24, 2.45) is 5.41 Å². The summed E-state index contributed by atoms with van der Waals surface area (Å²) >= 11 is 0. The van der Waals surface area contributed by atoms with Crippen LogP contribution in [0.1, 0.15) is 40.0 Å². The van der Waals surface area contributed by atoms with Gasteiger partial charge >= 0.3 is 11.9 Å². The number of hydrogen-bond acceptors (Lipinski definition) is 6. The molecule has 0 amide bonds. The van der Waals surface area contributed by atoms with Gasteiger partial charge < -0.3 is 9.47 Å². The molecule has 0 aliphatic carbocycles. The molecule has 0 bridgehead atoms. The Kier molecular flexibility index (Phi) is 6.68. The zero-order chi connectivity index (χ0) is 17.5. The predicted octanol–water partition coefficient (Wildman–Crippen LogP) is 3.26. The van der Waals surface area contributed by atoms with Crippen molar-refractivity contribution in [3.63, 3.8) is 0 Å². The third-order valence-corrected chi connectivity index (χ3v) is 3.68. The van der Waals surface area contributed by atoms with Gasteiger partial charge in [-0.2, -0.15) is 0 Å². The number of non-ortho nitro benzene ring substituents is 1. The van der Waals surface area contributed by atoms with Crippen LogP contribution in [-0.4, -0.2) is 23.5 Å². The number of ether oxygens (including phenoxy) is 2. The fourth-order valence-electron chi connectivity index (χ4n) is 2.08. The highest BCUT2D eigenvalue weighted by Gasteiger charge is 2.46. The van der Waals surface area contributed by atoms with Gasteiger partial charge in [-0.25, -0.2) is 0 Å². The number of nitro groups is 1. The van der Waals surface area contributed by atoms with E-state index in [2.05, 4.69) is 0 Å². The van der Waals surface area contributed by atoms with E-state index in [1.807, 2.05) is 6.92 Å². The molecule has 0 N–H and O–H groups in total. The number of rotatable bonds is 8. The van der Waals surface area contributed by atoms with Gasteiger partial charge in [0, 0.05) is 12.1 Å². The second-order valence-corrected chi connectivity index (χ2v) is 5.07. The monoisotopic (exact) mass is 323 g/mol. The molecule has 126 valence electrons. The molecule has 0 heterocycles. The topological polar surface area (TPSA) is 95.7 Å². The Morgan fingerprint density at radius 3 is 2.09 bits per heavy atom. The van der Waals surface area contributed by atoms with Crippen LogP contribution in [0.2, 0.25) is 0 Å². The van der Waals surface area contributed by atoms with Crippen molar-refractivity contribution >= 4 is 17.6 Å². The molecule has 23 heavy (non-hydrogen) atoms. The summed E-state index contributed by atoms with van der Waals surface area (Å²) in [7, 11) is 0. The Labute approximate surface area is 134 Å². The third-order valence-electron chi connectivity index (χ3n) is 3.68. The van der Waals surface area contributed by atoms with Crippen LogP contribution in [0, 0.1) is 15.5 Å². The van der Waals surface area contributed by atoms with Gasteiger partial charge in [0.05, 0.1) is 11.5 Å². The van der Waals surface area contributed by atoms with Crippen LogP contribution in [0.25, 0.3) is 0 Å². The fourth-order valence-corrected chi connectivity index (χ4v) is 2.08. The maximum Gasteiger partial charge on any atom is 0.328 e. The van der Waals surface area contributed by atoms with Gasteiger partial charge in [-0.15, -0.1) is 0 Å². The van der Waals surface area contributed by atoms with Crippen molar-refractivity contribution in [3.8, 4) is 5.75 Å². The van der Waals surface area contributed by atoms with Gasteiger partial charge in [-0.3, -0.25) is 19.7 Å². The first kappa shape index (κ1) is 18.6. The summed E-state index contributed by atoms with van der Waals surface area (Å²) in [6, 6.07) is 5.11. The summed E-state index contributed by atoms with van der Waals surface area (Å²) in [5, 5.41) is 10.6. The van der Waals surface area contributed by atoms with E-state index in [1.165, 1.54) is 24.3 Å². The summed E-state index contributed by atoms with van der Waals surface area (Å²) in [5.74, 6) is -1.16. The minimum Gasteiger partial charge on any atom is -0.465 e.